The van der Waals surface area contributed by atoms with E-state index in [2.05, 4.69) is 26.1 Å². The van der Waals surface area contributed by atoms with Crippen LogP contribution in [0.3, 0.4) is 0 Å². The van der Waals surface area contributed by atoms with Gasteiger partial charge in [-0.15, -0.1) is 0 Å². The first kappa shape index (κ1) is 12.0. The molecule has 1 unspecified atom stereocenters. The van der Waals surface area contributed by atoms with Crippen LogP contribution in [0.1, 0.15) is 52.9 Å². The zero-order valence-electron chi connectivity index (χ0n) is 9.84. The summed E-state index contributed by atoms with van der Waals surface area (Å²) in [7, 11) is 0. The van der Waals surface area contributed by atoms with Gasteiger partial charge in [0.25, 0.3) is 0 Å². The Morgan fingerprint density at radius 2 is 2.07 bits per heavy atom. The summed E-state index contributed by atoms with van der Waals surface area (Å²) >= 11 is 0. The molecule has 0 saturated heterocycles. The molecule has 84 valence electrons. The molecule has 1 atom stereocenters. The van der Waals surface area contributed by atoms with Crippen LogP contribution in [0, 0.1) is 5.92 Å². The largest absolute Gasteiger partial charge is 0.396 e. The van der Waals surface area contributed by atoms with Crippen LogP contribution in [-0.4, -0.2) is 23.3 Å². The van der Waals surface area contributed by atoms with Gasteiger partial charge in [0.2, 0.25) is 0 Å². The van der Waals surface area contributed by atoms with E-state index in [1.165, 1.54) is 25.7 Å². The molecule has 0 aliphatic heterocycles. The number of hydrogen-bond acceptors (Lipinski definition) is 2. The van der Waals surface area contributed by atoms with Crippen molar-refractivity contribution in [1.29, 1.82) is 0 Å². The number of aliphatic hydroxyl groups is 1. The van der Waals surface area contributed by atoms with Crippen molar-refractivity contribution in [2.45, 2.75) is 64.5 Å². The number of hydrogen-bond donors (Lipinski definition) is 2. The fraction of sp³-hybridized carbons (Fsp3) is 1.00. The van der Waals surface area contributed by atoms with Crippen LogP contribution >= 0.6 is 0 Å². The maximum Gasteiger partial charge on any atom is 0.0448 e. The average Bonchev–Trinajstić information content (AvgIpc) is 2.84. The summed E-state index contributed by atoms with van der Waals surface area (Å²) in [5.41, 5.74) is 0.0944. The Balaban J connectivity index is 2.36. The van der Waals surface area contributed by atoms with E-state index in [1.807, 2.05) is 0 Å². The quantitative estimate of drug-likeness (QED) is 0.659. The lowest BCUT2D eigenvalue weighted by molar-refractivity contribution is 0.210. The number of aliphatic hydroxyl groups excluding tert-OH is 1. The van der Waals surface area contributed by atoms with Gasteiger partial charge in [-0.1, -0.05) is 13.3 Å². The second kappa shape index (κ2) is 5.13. The second-order valence-corrected chi connectivity index (χ2v) is 5.23. The van der Waals surface area contributed by atoms with E-state index in [9.17, 15) is 0 Å². The molecular weight excluding hydrogens is 174 g/mol. The molecule has 2 heteroatoms. The third-order valence-corrected chi connectivity index (χ3v) is 3.10. The van der Waals surface area contributed by atoms with Crippen LogP contribution in [0.25, 0.3) is 0 Å². The molecule has 0 amide bonds. The molecule has 1 saturated carbocycles. The van der Waals surface area contributed by atoms with Gasteiger partial charge in [-0.3, -0.25) is 0 Å². The highest BCUT2D eigenvalue weighted by molar-refractivity contribution is 4.91. The Morgan fingerprint density at radius 3 is 2.50 bits per heavy atom. The van der Waals surface area contributed by atoms with E-state index in [-0.39, 0.29) is 12.1 Å². The Kier molecular flexibility index (Phi) is 4.39. The lowest BCUT2D eigenvalue weighted by atomic mass is 9.96. The molecule has 0 aromatic carbocycles. The van der Waals surface area contributed by atoms with Crippen molar-refractivity contribution < 1.29 is 5.11 Å². The molecule has 0 radical (unpaired) electrons. The highest BCUT2D eigenvalue weighted by Gasteiger charge is 2.33. The maximum atomic E-state index is 8.96. The third kappa shape index (κ3) is 3.97. The molecule has 14 heavy (non-hydrogen) atoms. The lowest BCUT2D eigenvalue weighted by Gasteiger charge is -2.31. The molecule has 1 fully saturated rings. The first-order chi connectivity index (χ1) is 6.59. The fourth-order valence-electron chi connectivity index (χ4n) is 2.09. The van der Waals surface area contributed by atoms with Crippen molar-refractivity contribution in [3.63, 3.8) is 0 Å². The van der Waals surface area contributed by atoms with Gasteiger partial charge in [-0.05, 0) is 45.4 Å². The summed E-state index contributed by atoms with van der Waals surface area (Å²) in [5, 5.41) is 12.7. The van der Waals surface area contributed by atoms with Crippen molar-refractivity contribution in [2.75, 3.05) is 6.61 Å². The molecule has 2 nitrogen and oxygen atoms in total. The third-order valence-electron chi connectivity index (χ3n) is 3.10. The minimum atomic E-state index is 0.0944. The topological polar surface area (TPSA) is 32.3 Å². The summed E-state index contributed by atoms with van der Waals surface area (Å²) in [6, 6.07) is 0.682. The molecule has 1 aliphatic carbocycles. The van der Waals surface area contributed by atoms with Gasteiger partial charge in [0, 0.05) is 18.2 Å². The Bertz CT molecular complexity index is 164. The van der Waals surface area contributed by atoms with Crippen LogP contribution in [-0.2, 0) is 0 Å². The van der Waals surface area contributed by atoms with Gasteiger partial charge in [0.15, 0.2) is 0 Å². The average molecular weight is 199 g/mol. The number of nitrogens with one attached hydrogen (secondary N) is 1. The Hall–Kier alpha value is -0.0800. The van der Waals surface area contributed by atoms with Gasteiger partial charge in [-0.25, -0.2) is 0 Å². The van der Waals surface area contributed by atoms with Gasteiger partial charge >= 0.3 is 0 Å². The van der Waals surface area contributed by atoms with Gasteiger partial charge in [0.05, 0.1) is 0 Å². The van der Waals surface area contributed by atoms with Gasteiger partial charge in [0.1, 0.15) is 0 Å². The van der Waals surface area contributed by atoms with Crippen LogP contribution in [0.15, 0.2) is 0 Å². The van der Waals surface area contributed by atoms with Gasteiger partial charge in [-0.2, -0.15) is 0 Å². The van der Waals surface area contributed by atoms with E-state index in [4.69, 9.17) is 5.11 Å². The lowest BCUT2D eigenvalue weighted by Crippen LogP contribution is -2.47. The van der Waals surface area contributed by atoms with Crippen LogP contribution in [0.5, 0.6) is 0 Å². The van der Waals surface area contributed by atoms with E-state index < -0.39 is 0 Å². The van der Waals surface area contributed by atoms with Crippen molar-refractivity contribution in [2.24, 2.45) is 5.92 Å². The normalized spacial score (nSPS) is 19.7. The van der Waals surface area contributed by atoms with Crippen LogP contribution in [0.4, 0.5) is 0 Å². The van der Waals surface area contributed by atoms with E-state index >= 15 is 0 Å². The molecule has 0 bridgehead atoms. The predicted octanol–water partition coefficient (Wildman–Crippen LogP) is 2.32. The number of rotatable bonds is 7. The molecular formula is C12H25NO. The van der Waals surface area contributed by atoms with Crippen LogP contribution < -0.4 is 5.32 Å². The summed E-state index contributed by atoms with van der Waals surface area (Å²) in [6.07, 6.45) is 6.17. The molecule has 1 aliphatic rings. The molecule has 1 rings (SSSR count). The smallest absolute Gasteiger partial charge is 0.0448 e. The van der Waals surface area contributed by atoms with Crippen molar-refractivity contribution in [1.82, 2.24) is 5.32 Å². The second-order valence-electron chi connectivity index (χ2n) is 5.23. The summed E-state index contributed by atoms with van der Waals surface area (Å²) in [6.45, 7) is 6.90. The van der Waals surface area contributed by atoms with Crippen LogP contribution in [0.2, 0.25) is 0 Å². The highest BCUT2D eigenvalue weighted by atomic mass is 16.3. The first-order valence-corrected chi connectivity index (χ1v) is 5.97. The zero-order valence-corrected chi connectivity index (χ0v) is 9.84. The van der Waals surface area contributed by atoms with E-state index in [0.717, 1.165) is 12.3 Å². The summed E-state index contributed by atoms with van der Waals surface area (Å²) in [5.74, 6) is 0.910. The fourth-order valence-corrected chi connectivity index (χ4v) is 2.09. The summed E-state index contributed by atoms with van der Waals surface area (Å²) in [4.78, 5) is 0. The maximum absolute atomic E-state index is 8.96. The zero-order chi connectivity index (χ0) is 10.6. The standard InChI is InChI=1S/C12H25NO/c1-4-5-11(10-6-7-10)13-12(2,3)8-9-14/h10-11,13-14H,4-9H2,1-3H3. The monoisotopic (exact) mass is 199 g/mol. The highest BCUT2D eigenvalue weighted by Crippen LogP contribution is 2.35. The first-order valence-electron chi connectivity index (χ1n) is 5.97. The SMILES string of the molecule is CCCC(NC(C)(C)CCO)C1CC1. The molecule has 0 spiro atoms. The van der Waals surface area contributed by atoms with Crippen molar-refractivity contribution in [3.8, 4) is 0 Å². The minimum Gasteiger partial charge on any atom is -0.396 e. The Labute approximate surface area is 88.1 Å². The Morgan fingerprint density at radius 1 is 1.43 bits per heavy atom. The van der Waals surface area contributed by atoms with E-state index in [1.54, 1.807) is 0 Å². The minimum absolute atomic E-state index is 0.0944. The van der Waals surface area contributed by atoms with E-state index in [0.29, 0.717) is 6.04 Å². The molecule has 2 N–H and O–H groups in total. The molecule has 0 aromatic rings. The van der Waals surface area contributed by atoms with Crippen molar-refractivity contribution in [3.05, 3.63) is 0 Å². The van der Waals surface area contributed by atoms with Gasteiger partial charge < -0.3 is 10.4 Å². The molecule has 0 aromatic heterocycles. The van der Waals surface area contributed by atoms with Crippen molar-refractivity contribution >= 4 is 0 Å². The molecule has 0 heterocycles. The predicted molar refractivity (Wildman–Crippen MR) is 60.3 cm³/mol. The summed E-state index contributed by atoms with van der Waals surface area (Å²) < 4.78 is 0.